The number of amides is 1. The average Bonchev–Trinajstić information content (AvgIpc) is 2.39. The summed E-state index contributed by atoms with van der Waals surface area (Å²) in [4.78, 5) is 15.6. The van der Waals surface area contributed by atoms with Crippen LogP contribution in [0.4, 0.5) is 0 Å². The number of rotatable bonds is 4. The number of aromatic nitrogens is 1. The van der Waals surface area contributed by atoms with E-state index in [1.165, 1.54) is 44.1 Å². The highest BCUT2D eigenvalue weighted by molar-refractivity contribution is 5.96. The average molecular weight is 262 g/mol. The molecule has 2 atom stereocenters. The van der Waals surface area contributed by atoms with Crippen molar-refractivity contribution in [3.63, 3.8) is 0 Å². The van der Waals surface area contributed by atoms with E-state index >= 15 is 0 Å². The summed E-state index contributed by atoms with van der Waals surface area (Å²) >= 11 is 0. The number of hydrogen-bond donors (Lipinski definition) is 2. The Balaban J connectivity index is 1.76. The minimum absolute atomic E-state index is 0.0636. The van der Waals surface area contributed by atoms with Crippen LogP contribution in [0.2, 0.25) is 0 Å². The summed E-state index contributed by atoms with van der Waals surface area (Å²) < 4.78 is 0. The standard InChI is InChI=1S/C15H22N2O2/c1-11-3-2-4-12(9-11)5-8-17-15(19)13-6-7-16-10-14(13)18/h6-7,10-12,18H,2-5,8-9H2,1H3,(H,17,19). The van der Waals surface area contributed by atoms with Crippen molar-refractivity contribution in [2.75, 3.05) is 6.54 Å². The number of nitrogens with one attached hydrogen (secondary N) is 1. The minimum Gasteiger partial charge on any atom is -0.505 e. The molecule has 1 fully saturated rings. The maximum Gasteiger partial charge on any atom is 0.255 e. The van der Waals surface area contributed by atoms with Crippen LogP contribution < -0.4 is 5.32 Å². The third kappa shape index (κ3) is 3.94. The van der Waals surface area contributed by atoms with Crippen molar-refractivity contribution < 1.29 is 9.90 Å². The molecule has 1 amide bonds. The first kappa shape index (κ1) is 13.8. The van der Waals surface area contributed by atoms with Crippen LogP contribution in [0.1, 0.15) is 49.4 Å². The van der Waals surface area contributed by atoms with E-state index in [0.29, 0.717) is 12.1 Å². The van der Waals surface area contributed by atoms with Gasteiger partial charge in [-0.2, -0.15) is 0 Å². The smallest absolute Gasteiger partial charge is 0.255 e. The van der Waals surface area contributed by atoms with Crippen LogP contribution >= 0.6 is 0 Å². The number of hydrogen-bond acceptors (Lipinski definition) is 3. The lowest BCUT2D eigenvalue weighted by Gasteiger charge is -2.26. The summed E-state index contributed by atoms with van der Waals surface area (Å²) in [6.45, 7) is 2.98. The molecule has 0 saturated heterocycles. The summed E-state index contributed by atoms with van der Waals surface area (Å²) in [6.07, 6.45) is 9.03. The second-order valence-electron chi connectivity index (χ2n) is 5.58. The first-order valence-corrected chi connectivity index (χ1v) is 7.08. The Morgan fingerprint density at radius 3 is 3.11 bits per heavy atom. The van der Waals surface area contributed by atoms with Crippen molar-refractivity contribution in [2.24, 2.45) is 11.8 Å². The SMILES string of the molecule is CC1CCCC(CCNC(=O)c2ccncc2O)C1. The molecule has 1 saturated carbocycles. The van der Waals surface area contributed by atoms with Gasteiger partial charge in [-0.25, -0.2) is 0 Å². The summed E-state index contributed by atoms with van der Waals surface area (Å²) in [7, 11) is 0. The van der Waals surface area contributed by atoms with E-state index in [4.69, 9.17) is 0 Å². The highest BCUT2D eigenvalue weighted by Crippen LogP contribution is 2.30. The Labute approximate surface area is 114 Å². The van der Waals surface area contributed by atoms with Crippen LogP contribution in [0.5, 0.6) is 5.75 Å². The molecule has 1 aromatic rings. The second kappa shape index (κ2) is 6.55. The number of nitrogens with zero attached hydrogens (tertiary/aromatic N) is 1. The summed E-state index contributed by atoms with van der Waals surface area (Å²) in [5.74, 6) is 1.27. The molecule has 0 radical (unpaired) electrons. The summed E-state index contributed by atoms with van der Waals surface area (Å²) in [5.41, 5.74) is 0.298. The molecular weight excluding hydrogens is 240 g/mol. The maximum absolute atomic E-state index is 11.9. The predicted molar refractivity (Wildman–Crippen MR) is 74.0 cm³/mol. The van der Waals surface area contributed by atoms with Crippen molar-refractivity contribution in [3.8, 4) is 5.75 Å². The molecule has 2 rings (SSSR count). The van der Waals surface area contributed by atoms with Gasteiger partial charge in [0, 0.05) is 12.7 Å². The predicted octanol–water partition coefficient (Wildman–Crippen LogP) is 2.73. The monoisotopic (exact) mass is 262 g/mol. The minimum atomic E-state index is -0.219. The van der Waals surface area contributed by atoms with Gasteiger partial charge in [-0.15, -0.1) is 0 Å². The molecule has 1 aliphatic carbocycles. The van der Waals surface area contributed by atoms with Crippen LogP contribution in [0.3, 0.4) is 0 Å². The molecule has 104 valence electrons. The fraction of sp³-hybridized carbons (Fsp3) is 0.600. The molecule has 19 heavy (non-hydrogen) atoms. The van der Waals surface area contributed by atoms with E-state index in [1.807, 2.05) is 0 Å². The van der Waals surface area contributed by atoms with Crippen molar-refractivity contribution in [3.05, 3.63) is 24.0 Å². The Morgan fingerprint density at radius 1 is 1.53 bits per heavy atom. The molecular formula is C15H22N2O2. The van der Waals surface area contributed by atoms with E-state index in [-0.39, 0.29) is 11.7 Å². The van der Waals surface area contributed by atoms with E-state index < -0.39 is 0 Å². The highest BCUT2D eigenvalue weighted by Gasteiger charge is 2.19. The van der Waals surface area contributed by atoms with Crippen molar-refractivity contribution in [2.45, 2.75) is 39.0 Å². The van der Waals surface area contributed by atoms with Gasteiger partial charge in [-0.1, -0.05) is 26.2 Å². The highest BCUT2D eigenvalue weighted by atomic mass is 16.3. The lowest BCUT2D eigenvalue weighted by atomic mass is 9.81. The zero-order valence-electron chi connectivity index (χ0n) is 11.4. The lowest BCUT2D eigenvalue weighted by Crippen LogP contribution is -2.27. The van der Waals surface area contributed by atoms with Gasteiger partial charge in [0.15, 0.2) is 0 Å². The first-order valence-electron chi connectivity index (χ1n) is 7.08. The van der Waals surface area contributed by atoms with Crippen LogP contribution in [0.15, 0.2) is 18.5 Å². The van der Waals surface area contributed by atoms with Crippen molar-refractivity contribution in [1.29, 1.82) is 0 Å². The molecule has 1 heterocycles. The van der Waals surface area contributed by atoms with E-state index in [0.717, 1.165) is 18.3 Å². The van der Waals surface area contributed by atoms with E-state index in [9.17, 15) is 9.90 Å². The maximum atomic E-state index is 11.9. The molecule has 2 N–H and O–H groups in total. The van der Waals surface area contributed by atoms with Crippen molar-refractivity contribution >= 4 is 5.91 Å². The Kier molecular flexibility index (Phi) is 4.77. The van der Waals surface area contributed by atoms with E-state index in [2.05, 4.69) is 17.2 Å². The van der Waals surface area contributed by atoms with Gasteiger partial charge in [0.05, 0.1) is 11.8 Å². The fourth-order valence-corrected chi connectivity index (χ4v) is 2.89. The number of aromatic hydroxyl groups is 1. The molecule has 0 spiro atoms. The lowest BCUT2D eigenvalue weighted by molar-refractivity contribution is 0.0947. The fourth-order valence-electron chi connectivity index (χ4n) is 2.89. The first-order chi connectivity index (χ1) is 9.16. The second-order valence-corrected chi connectivity index (χ2v) is 5.58. The van der Waals surface area contributed by atoms with Crippen LogP contribution in [-0.2, 0) is 0 Å². The van der Waals surface area contributed by atoms with Crippen LogP contribution in [0, 0.1) is 11.8 Å². The molecule has 0 aromatic carbocycles. The largest absolute Gasteiger partial charge is 0.505 e. The Hall–Kier alpha value is -1.58. The van der Waals surface area contributed by atoms with Crippen molar-refractivity contribution in [1.82, 2.24) is 10.3 Å². The third-order valence-electron chi connectivity index (χ3n) is 3.93. The quantitative estimate of drug-likeness (QED) is 0.877. The van der Waals surface area contributed by atoms with Gasteiger partial charge < -0.3 is 10.4 Å². The number of pyridine rings is 1. The summed E-state index contributed by atoms with van der Waals surface area (Å²) in [5, 5.41) is 12.4. The van der Waals surface area contributed by atoms with Gasteiger partial charge in [0.1, 0.15) is 5.75 Å². The molecule has 0 aliphatic heterocycles. The van der Waals surface area contributed by atoms with Gasteiger partial charge in [0.25, 0.3) is 5.91 Å². The van der Waals surface area contributed by atoms with E-state index in [1.54, 1.807) is 0 Å². The molecule has 4 heteroatoms. The van der Waals surface area contributed by atoms with Crippen LogP contribution in [0.25, 0.3) is 0 Å². The van der Waals surface area contributed by atoms with Gasteiger partial charge in [0.2, 0.25) is 0 Å². The summed E-state index contributed by atoms with van der Waals surface area (Å²) in [6, 6.07) is 1.54. The Morgan fingerprint density at radius 2 is 2.37 bits per heavy atom. The number of carbonyl (C=O) groups excluding carboxylic acids is 1. The number of carbonyl (C=O) groups is 1. The third-order valence-corrected chi connectivity index (χ3v) is 3.93. The van der Waals surface area contributed by atoms with Crippen LogP contribution in [-0.4, -0.2) is 22.5 Å². The Bertz CT molecular complexity index is 434. The topological polar surface area (TPSA) is 62.2 Å². The molecule has 4 nitrogen and oxygen atoms in total. The normalized spacial score (nSPS) is 23.0. The molecule has 1 aromatic heterocycles. The van der Waals surface area contributed by atoms with Gasteiger partial charge in [-0.05, 0) is 30.7 Å². The van der Waals surface area contributed by atoms with Gasteiger partial charge in [-0.3, -0.25) is 9.78 Å². The zero-order valence-corrected chi connectivity index (χ0v) is 11.4. The molecule has 1 aliphatic rings. The molecule has 0 bridgehead atoms. The van der Waals surface area contributed by atoms with Gasteiger partial charge >= 0.3 is 0 Å². The molecule has 2 unspecified atom stereocenters. The zero-order chi connectivity index (χ0) is 13.7.